The maximum atomic E-state index is 6.52. The van der Waals surface area contributed by atoms with Gasteiger partial charge in [0.05, 0.1) is 0 Å². The summed E-state index contributed by atoms with van der Waals surface area (Å²) >= 11 is 0. The van der Waals surface area contributed by atoms with Gasteiger partial charge < -0.3 is 5.73 Å². The minimum atomic E-state index is 0.891. The molecule has 1 heteroatoms. The summed E-state index contributed by atoms with van der Waals surface area (Å²) in [7, 11) is 0. The van der Waals surface area contributed by atoms with E-state index < -0.39 is 0 Å². The second kappa shape index (κ2) is 4.78. The van der Waals surface area contributed by atoms with Crippen molar-refractivity contribution in [3.8, 4) is 0 Å². The van der Waals surface area contributed by atoms with Crippen molar-refractivity contribution < 1.29 is 0 Å². The lowest BCUT2D eigenvalue weighted by Gasteiger charge is -2.13. The molecule has 102 valence electrons. The fourth-order valence-electron chi connectivity index (χ4n) is 3.27. The molecule has 0 aliphatic heterocycles. The zero-order chi connectivity index (χ0) is 14.2. The van der Waals surface area contributed by atoms with Gasteiger partial charge in [0.15, 0.2) is 0 Å². The summed E-state index contributed by atoms with van der Waals surface area (Å²) in [6.45, 7) is 0. The SMILES string of the molecule is N/C1=c2\ccc3ccccc3\c2=C/CCc2ccccc21. The van der Waals surface area contributed by atoms with E-state index in [0.29, 0.717) is 0 Å². The van der Waals surface area contributed by atoms with Crippen LogP contribution in [0.4, 0.5) is 0 Å². The maximum absolute atomic E-state index is 6.52. The third-order valence-corrected chi connectivity index (χ3v) is 4.33. The van der Waals surface area contributed by atoms with E-state index in [1.54, 1.807) is 0 Å². The quantitative estimate of drug-likeness (QED) is 0.668. The van der Waals surface area contributed by atoms with Crippen LogP contribution in [0.5, 0.6) is 0 Å². The van der Waals surface area contributed by atoms with E-state index >= 15 is 0 Å². The van der Waals surface area contributed by atoms with Crippen LogP contribution in [0.1, 0.15) is 17.5 Å². The normalized spacial score (nSPS) is 18.0. The van der Waals surface area contributed by atoms with E-state index in [-0.39, 0.29) is 0 Å². The van der Waals surface area contributed by atoms with Crippen molar-refractivity contribution in [3.05, 3.63) is 82.2 Å². The Balaban J connectivity index is 2.19. The Morgan fingerprint density at radius 2 is 1.62 bits per heavy atom. The van der Waals surface area contributed by atoms with E-state index in [2.05, 4.69) is 66.7 Å². The van der Waals surface area contributed by atoms with Crippen molar-refractivity contribution in [2.24, 2.45) is 5.73 Å². The molecule has 0 spiro atoms. The predicted octanol–water partition coefficient (Wildman–Crippen LogP) is 2.68. The van der Waals surface area contributed by atoms with Crippen LogP contribution >= 0.6 is 0 Å². The lowest BCUT2D eigenvalue weighted by molar-refractivity contribution is 1.02. The zero-order valence-electron chi connectivity index (χ0n) is 11.8. The molecule has 0 aromatic heterocycles. The highest BCUT2D eigenvalue weighted by Crippen LogP contribution is 2.17. The van der Waals surface area contributed by atoms with Gasteiger partial charge in [0.25, 0.3) is 0 Å². The monoisotopic (exact) mass is 271 g/mol. The number of hydrogen-bond donors (Lipinski definition) is 1. The fourth-order valence-corrected chi connectivity index (χ4v) is 3.27. The highest BCUT2D eigenvalue weighted by molar-refractivity contribution is 5.85. The van der Waals surface area contributed by atoms with Crippen molar-refractivity contribution in [2.45, 2.75) is 12.8 Å². The first-order chi connectivity index (χ1) is 10.3. The molecule has 3 aromatic carbocycles. The van der Waals surface area contributed by atoms with Gasteiger partial charge in [-0.05, 0) is 34.4 Å². The van der Waals surface area contributed by atoms with E-state index in [1.165, 1.54) is 27.1 Å². The molecule has 1 aliphatic rings. The highest BCUT2D eigenvalue weighted by Gasteiger charge is 2.08. The Morgan fingerprint density at radius 1 is 0.810 bits per heavy atom. The Morgan fingerprint density at radius 3 is 2.57 bits per heavy atom. The topological polar surface area (TPSA) is 26.0 Å². The largest absolute Gasteiger partial charge is 0.398 e. The Bertz CT molecular complexity index is 951. The van der Waals surface area contributed by atoms with Gasteiger partial charge in [-0.1, -0.05) is 66.7 Å². The lowest BCUT2D eigenvalue weighted by atomic mass is 9.94. The minimum absolute atomic E-state index is 0.891. The number of hydrogen-bond acceptors (Lipinski definition) is 1. The molecule has 0 unspecified atom stereocenters. The van der Waals surface area contributed by atoms with Crippen LogP contribution < -0.4 is 16.2 Å². The van der Waals surface area contributed by atoms with Crippen LogP contribution in [0.15, 0.2) is 60.7 Å². The van der Waals surface area contributed by atoms with Crippen LogP contribution in [0.2, 0.25) is 0 Å². The van der Waals surface area contributed by atoms with E-state index in [1.807, 2.05) is 0 Å². The summed E-state index contributed by atoms with van der Waals surface area (Å²) in [6.07, 6.45) is 4.42. The van der Waals surface area contributed by atoms with Crippen molar-refractivity contribution in [2.75, 3.05) is 0 Å². The average molecular weight is 271 g/mol. The lowest BCUT2D eigenvalue weighted by Crippen LogP contribution is -2.32. The van der Waals surface area contributed by atoms with Crippen molar-refractivity contribution in [3.63, 3.8) is 0 Å². The van der Waals surface area contributed by atoms with Crippen LogP contribution in [0, 0.1) is 0 Å². The third kappa shape index (κ3) is 1.93. The zero-order valence-corrected chi connectivity index (χ0v) is 11.8. The first-order valence-corrected chi connectivity index (χ1v) is 7.40. The number of rotatable bonds is 0. The van der Waals surface area contributed by atoms with E-state index in [9.17, 15) is 0 Å². The van der Waals surface area contributed by atoms with Crippen molar-refractivity contribution in [1.29, 1.82) is 0 Å². The number of benzene rings is 3. The molecule has 0 heterocycles. The van der Waals surface area contributed by atoms with Crippen molar-refractivity contribution in [1.82, 2.24) is 0 Å². The Kier molecular flexibility index (Phi) is 2.78. The first kappa shape index (κ1) is 12.2. The van der Waals surface area contributed by atoms with Gasteiger partial charge >= 0.3 is 0 Å². The first-order valence-electron chi connectivity index (χ1n) is 7.40. The van der Waals surface area contributed by atoms with Crippen molar-refractivity contribution >= 4 is 22.5 Å². The van der Waals surface area contributed by atoms with Crippen LogP contribution in [-0.2, 0) is 6.42 Å². The number of aryl methyl sites for hydroxylation is 1. The summed E-state index contributed by atoms with van der Waals surface area (Å²) in [4.78, 5) is 0. The van der Waals surface area contributed by atoms with Crippen LogP contribution in [0.25, 0.3) is 22.5 Å². The molecule has 1 nitrogen and oxygen atoms in total. The molecular weight excluding hydrogens is 254 g/mol. The summed E-state index contributed by atoms with van der Waals surface area (Å²) in [5.41, 5.74) is 9.93. The number of nitrogens with two attached hydrogens (primary N) is 1. The molecule has 0 radical (unpaired) electrons. The summed E-state index contributed by atoms with van der Waals surface area (Å²) in [6, 6.07) is 21.3. The molecule has 0 fully saturated rings. The Labute approximate surface area is 124 Å². The van der Waals surface area contributed by atoms with Gasteiger partial charge in [0.1, 0.15) is 0 Å². The van der Waals surface area contributed by atoms with Crippen LogP contribution in [-0.4, -0.2) is 0 Å². The predicted molar refractivity (Wildman–Crippen MR) is 89.1 cm³/mol. The van der Waals surface area contributed by atoms with Crippen LogP contribution in [0.3, 0.4) is 0 Å². The molecule has 0 bridgehead atoms. The molecule has 21 heavy (non-hydrogen) atoms. The smallest absolute Gasteiger partial charge is 0.0470 e. The van der Waals surface area contributed by atoms with E-state index in [4.69, 9.17) is 5.73 Å². The highest BCUT2D eigenvalue weighted by atomic mass is 14.6. The summed E-state index contributed by atoms with van der Waals surface area (Å²) in [5.74, 6) is 0. The van der Waals surface area contributed by atoms with Gasteiger partial charge in [0.2, 0.25) is 0 Å². The molecule has 0 atom stereocenters. The minimum Gasteiger partial charge on any atom is -0.398 e. The van der Waals surface area contributed by atoms with Gasteiger partial charge in [-0.3, -0.25) is 0 Å². The molecule has 4 rings (SSSR count). The maximum Gasteiger partial charge on any atom is 0.0470 e. The standard InChI is InChI=1S/C20H17N/c21-20-17-10-4-2-6-14(17)8-5-11-18-16-9-3-1-7-15(16)12-13-19(18)20/h1-4,6-7,9-13H,5,8,21H2/b18-11+,20-19+. The summed E-state index contributed by atoms with van der Waals surface area (Å²) in [5, 5.41) is 4.99. The molecule has 0 saturated heterocycles. The molecular formula is C20H17N. The molecule has 1 aliphatic carbocycles. The fraction of sp³-hybridized carbons (Fsp3) is 0.100. The third-order valence-electron chi connectivity index (χ3n) is 4.33. The second-order valence-corrected chi connectivity index (χ2v) is 5.56. The van der Waals surface area contributed by atoms with E-state index in [0.717, 1.165) is 23.8 Å². The molecule has 2 N–H and O–H groups in total. The number of fused-ring (bicyclic) bond motifs is 4. The Hall–Kier alpha value is -2.54. The second-order valence-electron chi connectivity index (χ2n) is 5.56. The average Bonchev–Trinajstić information content (AvgIpc) is 2.53. The van der Waals surface area contributed by atoms with Gasteiger partial charge in [-0.2, -0.15) is 0 Å². The van der Waals surface area contributed by atoms with Gasteiger partial charge in [-0.25, -0.2) is 0 Å². The molecule has 0 amide bonds. The van der Waals surface area contributed by atoms with Gasteiger partial charge in [-0.15, -0.1) is 0 Å². The van der Waals surface area contributed by atoms with Gasteiger partial charge in [0, 0.05) is 16.5 Å². The molecule has 3 aromatic rings. The molecule has 0 saturated carbocycles. The summed E-state index contributed by atoms with van der Waals surface area (Å²) < 4.78 is 0.